The minimum absolute atomic E-state index is 0.0327. The number of nitrogens with zero attached hydrogens (tertiary/aromatic N) is 4. The van der Waals surface area contributed by atoms with E-state index in [0.717, 1.165) is 38.5 Å². The summed E-state index contributed by atoms with van der Waals surface area (Å²) in [7, 11) is 0. The Morgan fingerprint density at radius 1 is 0.375 bits per heavy atom. The lowest BCUT2D eigenvalue weighted by molar-refractivity contribution is 0.195. The number of benzene rings is 6. The van der Waals surface area contributed by atoms with Gasteiger partial charge in [-0.1, -0.05) is 133 Å². The van der Waals surface area contributed by atoms with Crippen LogP contribution in [0.5, 0.6) is 0 Å². The van der Waals surface area contributed by atoms with Gasteiger partial charge in [0, 0.05) is 63.3 Å². The van der Waals surface area contributed by atoms with Crippen LogP contribution in [0.3, 0.4) is 0 Å². The van der Waals surface area contributed by atoms with Crippen LogP contribution in [0, 0.1) is 10.8 Å². The molecule has 6 aromatic carbocycles. The largest absolute Gasteiger partial charge is 0.334 e. The minimum atomic E-state index is -0.165. The van der Waals surface area contributed by atoms with Crippen LogP contribution in [-0.4, -0.2) is 17.2 Å². The molecule has 1 fully saturated rings. The van der Waals surface area contributed by atoms with Crippen molar-refractivity contribution in [2.75, 3.05) is 14.7 Å². The fourth-order valence-corrected chi connectivity index (χ4v) is 18.0. The Balaban J connectivity index is 1.07. The van der Waals surface area contributed by atoms with Crippen molar-refractivity contribution in [3.63, 3.8) is 0 Å². The van der Waals surface area contributed by atoms with E-state index < -0.39 is 0 Å². The molecule has 7 aromatic rings. The maximum atomic E-state index is 4.43. The lowest BCUT2D eigenvalue weighted by Crippen LogP contribution is -2.62. The van der Waals surface area contributed by atoms with Crippen LogP contribution in [0.2, 0.25) is 0 Å². The molecule has 2 atom stereocenters. The van der Waals surface area contributed by atoms with Gasteiger partial charge in [-0.25, -0.2) is 0 Å². The number of fused-ring (bicyclic) bond motifs is 11. The quantitative estimate of drug-likeness (QED) is 0.164. The molecule has 0 N–H and O–H groups in total. The van der Waals surface area contributed by atoms with Gasteiger partial charge in [0.1, 0.15) is 0 Å². The fraction of sp³-hybridized carbons (Fsp3) is 0.453. The second-order valence-corrected chi connectivity index (χ2v) is 31.5. The lowest BCUT2D eigenvalue weighted by atomic mass is 9.33. The topological polar surface area (TPSA) is 22.6 Å². The van der Waals surface area contributed by atoms with Crippen molar-refractivity contribution in [1.82, 2.24) is 4.98 Å². The van der Waals surface area contributed by atoms with Crippen LogP contribution in [0.1, 0.15) is 198 Å². The number of pyridine rings is 1. The molecule has 4 nitrogen and oxygen atoms in total. The Kier molecular flexibility index (Phi) is 10.4. The van der Waals surface area contributed by atoms with Crippen LogP contribution in [0.25, 0.3) is 11.1 Å². The number of hydrogen-bond donors (Lipinski definition) is 0. The smallest absolute Gasteiger partial charge is 0.252 e. The first kappa shape index (κ1) is 50.9. The predicted octanol–water partition coefficient (Wildman–Crippen LogP) is 17.5. The summed E-state index contributed by atoms with van der Waals surface area (Å²) >= 11 is 0. The standard InChI is InChI=1S/C75H85BN4/c1-68(2)42-48-17-19-52(33-49(48)43-68)78-63-36-51-45-69(3,4)44-50(51)35-60(63)76-61-40-57-58(73(11,12)30-29-72(57,9)10)41-64(61)79(53-20-21-55-56(37-53)71(7,8)28-27-70(55,5)6)66-39-54(38-65(78)67(66)76)80-62-22-18-47(46-23-31-77-32-24-46)34-59(62)74(13)25-15-16-26-75(74,80)14/h17-24,31-41H,15-16,25-30,42-45H2,1-14H3. The van der Waals surface area contributed by atoms with Crippen LogP contribution in [0.4, 0.5) is 45.5 Å². The summed E-state index contributed by atoms with van der Waals surface area (Å²) < 4.78 is 0. The molecule has 0 spiro atoms. The molecule has 3 aliphatic heterocycles. The van der Waals surface area contributed by atoms with Crippen molar-refractivity contribution in [1.29, 1.82) is 0 Å². The van der Waals surface area contributed by atoms with E-state index in [2.05, 4.69) is 220 Å². The summed E-state index contributed by atoms with van der Waals surface area (Å²) in [6.07, 6.45) is 17.8. The van der Waals surface area contributed by atoms with Gasteiger partial charge in [0.05, 0.1) is 5.54 Å². The predicted molar refractivity (Wildman–Crippen MR) is 339 cm³/mol. The van der Waals surface area contributed by atoms with Crippen molar-refractivity contribution in [3.05, 3.63) is 166 Å². The first-order valence-electron chi connectivity index (χ1n) is 31.0. The van der Waals surface area contributed by atoms with Gasteiger partial charge in [-0.2, -0.15) is 0 Å². The monoisotopic (exact) mass is 1050 g/mol. The number of anilines is 8. The van der Waals surface area contributed by atoms with E-state index in [4.69, 9.17) is 0 Å². The molecule has 0 saturated heterocycles. The van der Waals surface area contributed by atoms with Crippen LogP contribution in [-0.2, 0) is 52.8 Å². The molecule has 8 aliphatic rings. The van der Waals surface area contributed by atoms with Crippen molar-refractivity contribution < 1.29 is 0 Å². The number of rotatable bonds is 4. The minimum Gasteiger partial charge on any atom is -0.334 e. The van der Waals surface area contributed by atoms with Crippen LogP contribution in [0.15, 0.2) is 116 Å². The van der Waals surface area contributed by atoms with Gasteiger partial charge in [0.15, 0.2) is 0 Å². The third-order valence-corrected chi connectivity index (χ3v) is 22.9. The average molecular weight is 1050 g/mol. The van der Waals surface area contributed by atoms with E-state index in [1.165, 1.54) is 150 Å². The van der Waals surface area contributed by atoms with Crippen molar-refractivity contribution in [2.24, 2.45) is 10.8 Å². The van der Waals surface area contributed by atoms with E-state index in [9.17, 15) is 0 Å². The second kappa shape index (κ2) is 16.3. The zero-order valence-electron chi connectivity index (χ0n) is 50.8. The molecule has 15 rings (SSSR count). The maximum absolute atomic E-state index is 4.43. The molecule has 1 saturated carbocycles. The summed E-state index contributed by atoms with van der Waals surface area (Å²) in [4.78, 5) is 12.9. The molecule has 408 valence electrons. The molecule has 5 heteroatoms. The van der Waals surface area contributed by atoms with Gasteiger partial charge in [-0.3, -0.25) is 4.98 Å². The highest BCUT2D eigenvalue weighted by Gasteiger charge is 2.59. The summed E-state index contributed by atoms with van der Waals surface area (Å²) in [5.41, 5.74) is 31.6. The summed E-state index contributed by atoms with van der Waals surface area (Å²) in [5, 5.41) is 0. The zero-order valence-corrected chi connectivity index (χ0v) is 50.8. The molecule has 80 heavy (non-hydrogen) atoms. The first-order valence-corrected chi connectivity index (χ1v) is 31.0. The Hall–Kier alpha value is -6.07. The molecule has 4 heterocycles. The molecular weight excluding hydrogens is 968 g/mol. The Morgan fingerprint density at radius 3 is 1.56 bits per heavy atom. The molecule has 1 aromatic heterocycles. The van der Waals surface area contributed by atoms with Gasteiger partial charge in [-0.05, 0) is 254 Å². The molecule has 0 bridgehead atoms. The fourth-order valence-electron chi connectivity index (χ4n) is 18.0. The van der Waals surface area contributed by atoms with Crippen LogP contribution < -0.4 is 31.1 Å². The molecule has 0 amide bonds. The van der Waals surface area contributed by atoms with Gasteiger partial charge >= 0.3 is 0 Å². The van der Waals surface area contributed by atoms with Gasteiger partial charge < -0.3 is 14.7 Å². The maximum Gasteiger partial charge on any atom is 0.252 e. The third-order valence-electron chi connectivity index (χ3n) is 22.9. The normalized spacial score (nSPS) is 24.9. The van der Waals surface area contributed by atoms with E-state index in [-0.39, 0.29) is 50.2 Å². The summed E-state index contributed by atoms with van der Waals surface area (Å²) in [6, 6.07) is 43.4. The van der Waals surface area contributed by atoms with Gasteiger partial charge in [-0.15, -0.1) is 0 Å². The van der Waals surface area contributed by atoms with Gasteiger partial charge in [0.2, 0.25) is 0 Å². The van der Waals surface area contributed by atoms with E-state index in [1.54, 1.807) is 11.1 Å². The zero-order chi connectivity index (χ0) is 55.6. The van der Waals surface area contributed by atoms with E-state index in [1.807, 2.05) is 12.4 Å². The van der Waals surface area contributed by atoms with Crippen molar-refractivity contribution in [3.8, 4) is 11.1 Å². The van der Waals surface area contributed by atoms with Crippen LogP contribution >= 0.6 is 0 Å². The first-order chi connectivity index (χ1) is 37.8. The summed E-state index contributed by atoms with van der Waals surface area (Å²) in [5.74, 6) is 0. The molecule has 0 radical (unpaired) electrons. The summed E-state index contributed by atoms with van der Waals surface area (Å²) in [6.45, 7) is 35.3. The highest BCUT2D eigenvalue weighted by atomic mass is 15.3. The highest BCUT2D eigenvalue weighted by Crippen LogP contribution is 2.63. The number of aromatic nitrogens is 1. The van der Waals surface area contributed by atoms with Crippen molar-refractivity contribution >= 4 is 68.6 Å². The van der Waals surface area contributed by atoms with Crippen molar-refractivity contribution in [2.45, 2.75) is 207 Å². The number of hydrogen-bond acceptors (Lipinski definition) is 4. The third kappa shape index (κ3) is 7.15. The Labute approximate surface area is 479 Å². The Morgan fingerprint density at radius 2 is 0.900 bits per heavy atom. The van der Waals surface area contributed by atoms with E-state index in [0.29, 0.717) is 0 Å². The van der Waals surface area contributed by atoms with E-state index >= 15 is 0 Å². The SMILES string of the molecule is CC1(C)Cc2ccc(N3c4cc5c(cc4B4c6cc7c(cc6N(c6ccc8c(c6)C(C)(C)CCC8(C)C)c6cc(N8c9ccc(-c%10ccncc%10)cc9C9(C)CCCCC89C)cc3c64)C(C)(C)CCC7(C)C)CC(C)(C)C5)cc2C1. The molecular formula is C75H85BN4. The second-order valence-electron chi connectivity index (χ2n) is 31.5. The van der Waals surface area contributed by atoms with Gasteiger partial charge in [0.25, 0.3) is 6.71 Å². The molecule has 5 aliphatic carbocycles. The average Bonchev–Trinajstić information content (AvgIpc) is 4.13. The molecule has 2 unspecified atom stereocenters. The Bertz CT molecular complexity index is 3820. The highest BCUT2D eigenvalue weighted by molar-refractivity contribution is 7.00. The lowest BCUT2D eigenvalue weighted by Gasteiger charge is -2.51.